The van der Waals surface area contributed by atoms with Gasteiger partial charge in [0, 0.05) is 18.2 Å². The number of halogens is 1. The van der Waals surface area contributed by atoms with Crippen LogP contribution in [0.3, 0.4) is 0 Å². The van der Waals surface area contributed by atoms with Gasteiger partial charge in [-0.2, -0.15) is 10.4 Å². The summed E-state index contributed by atoms with van der Waals surface area (Å²) in [7, 11) is 0. The molecule has 3 heterocycles. The lowest BCUT2D eigenvalue weighted by Gasteiger charge is -2.33. The number of hydrogen-bond acceptors (Lipinski definition) is 7. The molecule has 34 heavy (non-hydrogen) atoms. The topological polar surface area (TPSA) is 132 Å². The van der Waals surface area contributed by atoms with Crippen molar-refractivity contribution in [2.75, 3.05) is 11.9 Å². The van der Waals surface area contributed by atoms with Crippen LogP contribution < -0.4 is 10.6 Å². The SMILES string of the molecule is CC(C)(O)[C@H](F)CNC(=O)c1cnc(-c2ccc3cc(C#N)cnn23)cc1NC1CC(C=O)C1. The van der Waals surface area contributed by atoms with Crippen LogP contribution in [0.5, 0.6) is 0 Å². The van der Waals surface area contributed by atoms with Gasteiger partial charge in [0.25, 0.3) is 5.91 Å². The zero-order valence-electron chi connectivity index (χ0n) is 18.8. The molecular formula is C24H25FN6O3. The van der Waals surface area contributed by atoms with Gasteiger partial charge in [-0.25, -0.2) is 8.91 Å². The second-order valence-corrected chi connectivity index (χ2v) is 9.07. The number of anilines is 1. The molecule has 1 atom stereocenters. The number of rotatable bonds is 8. The lowest BCUT2D eigenvalue weighted by atomic mass is 9.81. The fraction of sp³-hybridized carbons (Fsp3) is 0.375. The predicted molar refractivity (Wildman–Crippen MR) is 123 cm³/mol. The van der Waals surface area contributed by atoms with Crippen LogP contribution in [0, 0.1) is 17.2 Å². The van der Waals surface area contributed by atoms with Crippen molar-refractivity contribution < 1.29 is 19.1 Å². The van der Waals surface area contributed by atoms with Gasteiger partial charge in [-0.05, 0) is 51.0 Å². The van der Waals surface area contributed by atoms with E-state index in [1.54, 1.807) is 16.6 Å². The number of nitrogens with zero attached hydrogens (tertiary/aromatic N) is 4. The largest absolute Gasteiger partial charge is 0.387 e. The zero-order valence-corrected chi connectivity index (χ0v) is 18.8. The van der Waals surface area contributed by atoms with E-state index in [9.17, 15) is 19.1 Å². The maximum atomic E-state index is 14.1. The minimum absolute atomic E-state index is 0.0109. The number of nitriles is 1. The first-order valence-corrected chi connectivity index (χ1v) is 10.9. The minimum Gasteiger partial charge on any atom is -0.387 e. The molecule has 9 nitrogen and oxygen atoms in total. The number of amides is 1. The normalized spacial score (nSPS) is 18.6. The number of nitrogens with one attached hydrogen (secondary N) is 2. The highest BCUT2D eigenvalue weighted by molar-refractivity contribution is 6.00. The lowest BCUT2D eigenvalue weighted by Crippen LogP contribution is -2.42. The summed E-state index contributed by atoms with van der Waals surface area (Å²) in [6, 6.07) is 9.13. The van der Waals surface area contributed by atoms with Crippen molar-refractivity contribution in [1.82, 2.24) is 19.9 Å². The summed E-state index contributed by atoms with van der Waals surface area (Å²) in [6.45, 7) is 2.32. The Hall–Kier alpha value is -3.84. The molecule has 0 aliphatic heterocycles. The van der Waals surface area contributed by atoms with Gasteiger partial charge in [-0.15, -0.1) is 0 Å². The van der Waals surface area contributed by atoms with Gasteiger partial charge in [-0.1, -0.05) is 0 Å². The molecule has 0 bridgehead atoms. The first kappa shape index (κ1) is 23.3. The second kappa shape index (κ2) is 9.19. The molecule has 3 N–H and O–H groups in total. The summed E-state index contributed by atoms with van der Waals surface area (Å²) in [5, 5.41) is 29.0. The summed E-state index contributed by atoms with van der Waals surface area (Å²) in [6.07, 6.45) is 3.46. The molecule has 10 heteroatoms. The first-order valence-electron chi connectivity index (χ1n) is 10.9. The Bertz CT molecular complexity index is 1270. The monoisotopic (exact) mass is 464 g/mol. The molecule has 0 radical (unpaired) electrons. The van der Waals surface area contributed by atoms with E-state index < -0.39 is 17.7 Å². The molecular weight excluding hydrogens is 439 g/mol. The van der Waals surface area contributed by atoms with Crippen molar-refractivity contribution in [3.8, 4) is 17.5 Å². The summed E-state index contributed by atoms with van der Waals surface area (Å²) in [4.78, 5) is 28.3. The Balaban J connectivity index is 1.64. The average molecular weight is 465 g/mol. The van der Waals surface area contributed by atoms with Gasteiger partial charge >= 0.3 is 0 Å². The minimum atomic E-state index is -1.64. The number of hydrogen-bond donors (Lipinski definition) is 3. The van der Waals surface area contributed by atoms with Crippen LogP contribution in [0.25, 0.3) is 16.9 Å². The molecule has 176 valence electrons. The Morgan fingerprint density at radius 2 is 2.15 bits per heavy atom. The van der Waals surface area contributed by atoms with Crippen molar-refractivity contribution in [3.63, 3.8) is 0 Å². The van der Waals surface area contributed by atoms with Gasteiger partial charge in [0.05, 0.1) is 52.1 Å². The van der Waals surface area contributed by atoms with Gasteiger partial charge < -0.3 is 20.5 Å². The highest BCUT2D eigenvalue weighted by Crippen LogP contribution is 2.32. The zero-order chi connectivity index (χ0) is 24.5. The highest BCUT2D eigenvalue weighted by atomic mass is 19.1. The van der Waals surface area contributed by atoms with E-state index in [1.165, 1.54) is 26.2 Å². The van der Waals surface area contributed by atoms with Crippen molar-refractivity contribution in [1.29, 1.82) is 5.26 Å². The molecule has 3 aromatic heterocycles. The second-order valence-electron chi connectivity index (χ2n) is 9.07. The van der Waals surface area contributed by atoms with E-state index in [4.69, 9.17) is 5.26 Å². The van der Waals surface area contributed by atoms with E-state index in [-0.39, 0.29) is 24.1 Å². The molecule has 1 fully saturated rings. The third kappa shape index (κ3) is 4.75. The summed E-state index contributed by atoms with van der Waals surface area (Å²) in [5.41, 5.74) is 1.51. The molecule has 0 unspecified atom stereocenters. The number of aromatic nitrogens is 3. The number of aldehydes is 1. The standard InChI is InChI=1S/C24H25FN6O3/c1-24(2,34)22(25)12-28-23(33)18-11-27-20(8-19(18)30-16-5-14(6-16)13-32)21-4-3-17-7-15(9-26)10-29-31(17)21/h3-4,7-8,10-11,13-14,16,22,34H,5-6,12H2,1-2H3,(H,27,30)(H,28,33)/t14?,16?,22-/m1/s1. The Morgan fingerprint density at radius 1 is 1.38 bits per heavy atom. The van der Waals surface area contributed by atoms with Crippen LogP contribution in [0.4, 0.5) is 10.1 Å². The van der Waals surface area contributed by atoms with E-state index >= 15 is 0 Å². The Labute approximate surface area is 195 Å². The molecule has 4 rings (SSSR count). The van der Waals surface area contributed by atoms with Gasteiger partial charge in [0.15, 0.2) is 0 Å². The number of alkyl halides is 1. The van der Waals surface area contributed by atoms with Gasteiger partial charge in [0.2, 0.25) is 0 Å². The molecule has 1 aliphatic rings. The van der Waals surface area contributed by atoms with Crippen LogP contribution in [-0.2, 0) is 4.79 Å². The maximum absolute atomic E-state index is 14.1. The lowest BCUT2D eigenvalue weighted by molar-refractivity contribution is -0.113. The quantitative estimate of drug-likeness (QED) is 0.436. The predicted octanol–water partition coefficient (Wildman–Crippen LogP) is 2.50. The fourth-order valence-corrected chi connectivity index (χ4v) is 3.79. The van der Waals surface area contributed by atoms with Crippen LogP contribution in [0.1, 0.15) is 42.6 Å². The molecule has 0 aromatic carbocycles. The summed E-state index contributed by atoms with van der Waals surface area (Å²) < 4.78 is 15.8. The molecule has 0 saturated heterocycles. The number of carbonyl (C=O) groups excluding carboxylic acids is 2. The smallest absolute Gasteiger partial charge is 0.255 e. The molecule has 0 spiro atoms. The maximum Gasteiger partial charge on any atom is 0.255 e. The van der Waals surface area contributed by atoms with Crippen LogP contribution >= 0.6 is 0 Å². The number of carbonyl (C=O) groups is 2. The first-order chi connectivity index (χ1) is 16.2. The van der Waals surface area contributed by atoms with E-state index in [2.05, 4.69) is 26.8 Å². The van der Waals surface area contributed by atoms with Crippen molar-refractivity contribution >= 4 is 23.4 Å². The van der Waals surface area contributed by atoms with E-state index in [1.807, 2.05) is 12.1 Å². The third-order valence-corrected chi connectivity index (χ3v) is 5.98. The Kier molecular flexibility index (Phi) is 6.30. The summed E-state index contributed by atoms with van der Waals surface area (Å²) >= 11 is 0. The van der Waals surface area contributed by atoms with Gasteiger partial charge in [-0.3, -0.25) is 9.78 Å². The Morgan fingerprint density at radius 3 is 2.82 bits per heavy atom. The van der Waals surface area contributed by atoms with Crippen molar-refractivity contribution in [3.05, 3.63) is 47.8 Å². The number of fused-ring (bicyclic) bond motifs is 1. The van der Waals surface area contributed by atoms with Crippen LogP contribution in [0.15, 0.2) is 36.7 Å². The van der Waals surface area contributed by atoms with Crippen molar-refractivity contribution in [2.45, 2.75) is 44.5 Å². The fourth-order valence-electron chi connectivity index (χ4n) is 3.79. The molecule has 1 amide bonds. The molecule has 1 aliphatic carbocycles. The average Bonchev–Trinajstić information content (AvgIpc) is 3.21. The van der Waals surface area contributed by atoms with E-state index in [0.29, 0.717) is 35.5 Å². The number of aliphatic hydroxyl groups is 1. The summed E-state index contributed by atoms with van der Waals surface area (Å²) in [5.74, 6) is -0.542. The van der Waals surface area contributed by atoms with Gasteiger partial charge in [0.1, 0.15) is 18.5 Å². The van der Waals surface area contributed by atoms with Crippen LogP contribution in [0.2, 0.25) is 0 Å². The van der Waals surface area contributed by atoms with E-state index in [0.717, 1.165) is 11.8 Å². The third-order valence-electron chi connectivity index (χ3n) is 5.98. The molecule has 3 aromatic rings. The van der Waals surface area contributed by atoms with Crippen molar-refractivity contribution in [2.24, 2.45) is 5.92 Å². The number of pyridine rings is 1. The highest BCUT2D eigenvalue weighted by Gasteiger charge is 2.30. The molecule has 1 saturated carbocycles. The van der Waals surface area contributed by atoms with Crippen LogP contribution in [-0.4, -0.2) is 56.3 Å².